The molecule has 0 aliphatic carbocycles. The average molecular weight is 362 g/mol. The van der Waals surface area contributed by atoms with E-state index >= 15 is 0 Å². The van der Waals surface area contributed by atoms with E-state index in [1.165, 1.54) is 36.9 Å². The van der Waals surface area contributed by atoms with Crippen LogP contribution < -0.4 is 16.1 Å². The van der Waals surface area contributed by atoms with Crippen LogP contribution in [0.1, 0.15) is 16.1 Å². The largest absolute Gasteiger partial charge is 0.456 e. The Bertz CT molecular complexity index is 989. The first-order valence-corrected chi connectivity index (χ1v) is 7.52. The first-order valence-electron chi connectivity index (χ1n) is 7.52. The van der Waals surface area contributed by atoms with E-state index in [2.05, 4.69) is 0 Å². The Morgan fingerprint density at radius 1 is 1.19 bits per heavy atom. The lowest BCUT2D eigenvalue weighted by Crippen LogP contribution is -2.38. The van der Waals surface area contributed by atoms with Crippen LogP contribution in [0.15, 0.2) is 33.9 Å². The topological polar surface area (TPSA) is 117 Å². The number of hydrogen-bond acceptors (Lipinski definition) is 7. The van der Waals surface area contributed by atoms with Crippen LogP contribution in [0.25, 0.3) is 0 Å². The number of anilines is 1. The number of esters is 1. The SMILES string of the molecule is CN(C)c1ccc([N+](=O)[O-])cc1C(=O)OCc1cc(=O)n(C)c(=O)n1C. The van der Waals surface area contributed by atoms with E-state index in [-0.39, 0.29) is 23.6 Å². The summed E-state index contributed by atoms with van der Waals surface area (Å²) in [5.41, 5.74) is -0.653. The number of nitro benzene ring substituents is 1. The van der Waals surface area contributed by atoms with Crippen LogP contribution >= 0.6 is 0 Å². The van der Waals surface area contributed by atoms with E-state index < -0.39 is 22.1 Å². The quantitative estimate of drug-likeness (QED) is 0.430. The molecule has 138 valence electrons. The fourth-order valence-electron chi connectivity index (χ4n) is 2.33. The molecule has 0 saturated carbocycles. The summed E-state index contributed by atoms with van der Waals surface area (Å²) in [6.45, 7) is -0.323. The van der Waals surface area contributed by atoms with Crippen molar-refractivity contribution in [3.8, 4) is 0 Å². The molecule has 0 saturated heterocycles. The van der Waals surface area contributed by atoms with E-state index in [1.54, 1.807) is 19.0 Å². The van der Waals surface area contributed by atoms with Crippen molar-refractivity contribution in [3.05, 3.63) is 66.5 Å². The van der Waals surface area contributed by atoms with Crippen molar-refractivity contribution in [1.82, 2.24) is 9.13 Å². The second-order valence-corrected chi connectivity index (χ2v) is 5.80. The third kappa shape index (κ3) is 3.63. The van der Waals surface area contributed by atoms with Gasteiger partial charge in [0.1, 0.15) is 6.61 Å². The first-order chi connectivity index (χ1) is 12.1. The molecule has 0 aliphatic heterocycles. The molecule has 10 heteroatoms. The van der Waals surface area contributed by atoms with Gasteiger partial charge in [-0.25, -0.2) is 9.59 Å². The van der Waals surface area contributed by atoms with Crippen LogP contribution in [0.5, 0.6) is 0 Å². The van der Waals surface area contributed by atoms with Crippen LogP contribution in [0.2, 0.25) is 0 Å². The Labute approximate surface area is 148 Å². The normalized spacial score (nSPS) is 10.5. The zero-order chi connectivity index (χ0) is 19.6. The third-order valence-electron chi connectivity index (χ3n) is 3.87. The van der Waals surface area contributed by atoms with E-state index in [1.807, 2.05) is 0 Å². The minimum absolute atomic E-state index is 0.0121. The molecule has 0 fully saturated rings. The van der Waals surface area contributed by atoms with Gasteiger partial charge in [0, 0.05) is 46.4 Å². The lowest BCUT2D eigenvalue weighted by atomic mass is 10.1. The highest BCUT2D eigenvalue weighted by Crippen LogP contribution is 2.25. The van der Waals surface area contributed by atoms with Gasteiger partial charge in [-0.15, -0.1) is 0 Å². The summed E-state index contributed by atoms with van der Waals surface area (Å²) in [5, 5.41) is 11.0. The van der Waals surface area contributed by atoms with Gasteiger partial charge >= 0.3 is 11.7 Å². The number of ether oxygens (including phenoxy) is 1. The van der Waals surface area contributed by atoms with Gasteiger partial charge in [0.05, 0.1) is 21.9 Å². The number of non-ortho nitro benzene ring substituents is 1. The molecular formula is C16H18N4O6. The molecule has 26 heavy (non-hydrogen) atoms. The molecule has 0 N–H and O–H groups in total. The Morgan fingerprint density at radius 2 is 1.85 bits per heavy atom. The Balaban J connectivity index is 2.34. The number of benzene rings is 1. The van der Waals surface area contributed by atoms with E-state index in [9.17, 15) is 24.5 Å². The molecule has 0 amide bonds. The summed E-state index contributed by atoms with van der Waals surface area (Å²) in [5.74, 6) is -0.800. The summed E-state index contributed by atoms with van der Waals surface area (Å²) in [7, 11) is 6.15. The van der Waals surface area contributed by atoms with Crippen LogP contribution in [0.3, 0.4) is 0 Å². The lowest BCUT2D eigenvalue weighted by molar-refractivity contribution is -0.384. The van der Waals surface area contributed by atoms with E-state index in [4.69, 9.17) is 4.74 Å². The fourth-order valence-corrected chi connectivity index (χ4v) is 2.33. The Hall–Kier alpha value is -3.43. The van der Waals surface area contributed by atoms with Gasteiger partial charge < -0.3 is 9.64 Å². The van der Waals surface area contributed by atoms with Gasteiger partial charge in [0.25, 0.3) is 11.2 Å². The summed E-state index contributed by atoms with van der Waals surface area (Å²) in [4.78, 5) is 48.0. The van der Waals surface area contributed by atoms with Gasteiger partial charge in [-0.2, -0.15) is 0 Å². The molecule has 1 aromatic carbocycles. The number of carbonyl (C=O) groups is 1. The zero-order valence-corrected chi connectivity index (χ0v) is 14.8. The van der Waals surface area contributed by atoms with Crippen LogP contribution in [0, 0.1) is 10.1 Å². The van der Waals surface area contributed by atoms with Crippen LogP contribution in [-0.2, 0) is 25.4 Å². The second-order valence-electron chi connectivity index (χ2n) is 5.80. The number of nitrogens with zero attached hydrogens (tertiary/aromatic N) is 4. The zero-order valence-electron chi connectivity index (χ0n) is 14.8. The smallest absolute Gasteiger partial charge is 0.340 e. The monoisotopic (exact) mass is 362 g/mol. The summed E-state index contributed by atoms with van der Waals surface area (Å²) >= 11 is 0. The molecule has 0 unspecified atom stereocenters. The molecule has 0 spiro atoms. The van der Waals surface area contributed by atoms with Gasteiger partial charge in [0.15, 0.2) is 0 Å². The maximum atomic E-state index is 12.4. The standard InChI is InChI=1S/C16H18N4O6/c1-17(2)13-6-5-10(20(24)25)7-12(13)15(22)26-9-11-8-14(21)19(4)16(23)18(11)3/h5-8H,9H2,1-4H3. The number of aromatic nitrogens is 2. The lowest BCUT2D eigenvalue weighted by Gasteiger charge is -2.17. The molecule has 0 bridgehead atoms. The number of nitro groups is 1. The maximum absolute atomic E-state index is 12.4. The van der Waals surface area contributed by atoms with Crippen molar-refractivity contribution in [3.63, 3.8) is 0 Å². The molecular weight excluding hydrogens is 344 g/mol. The van der Waals surface area contributed by atoms with E-state index in [0.29, 0.717) is 5.69 Å². The van der Waals surface area contributed by atoms with Crippen molar-refractivity contribution in [2.75, 3.05) is 19.0 Å². The number of carbonyl (C=O) groups excluding carboxylic acids is 1. The van der Waals surface area contributed by atoms with Crippen molar-refractivity contribution in [2.45, 2.75) is 6.61 Å². The van der Waals surface area contributed by atoms with Crippen LogP contribution in [0.4, 0.5) is 11.4 Å². The molecule has 2 rings (SSSR count). The van der Waals surface area contributed by atoms with Gasteiger partial charge in [-0.05, 0) is 6.07 Å². The van der Waals surface area contributed by atoms with Gasteiger partial charge in [-0.3, -0.25) is 24.0 Å². The average Bonchev–Trinajstić information content (AvgIpc) is 2.60. The van der Waals surface area contributed by atoms with Gasteiger partial charge in [0.2, 0.25) is 0 Å². The molecule has 10 nitrogen and oxygen atoms in total. The highest BCUT2D eigenvalue weighted by molar-refractivity contribution is 5.96. The Morgan fingerprint density at radius 3 is 2.42 bits per heavy atom. The highest BCUT2D eigenvalue weighted by atomic mass is 16.6. The van der Waals surface area contributed by atoms with Crippen molar-refractivity contribution >= 4 is 17.3 Å². The maximum Gasteiger partial charge on any atom is 0.340 e. The predicted molar refractivity (Wildman–Crippen MR) is 93.5 cm³/mol. The van der Waals surface area contributed by atoms with E-state index in [0.717, 1.165) is 10.6 Å². The summed E-state index contributed by atoms with van der Waals surface area (Å²) < 4.78 is 7.29. The fraction of sp³-hybridized carbons (Fsp3) is 0.312. The molecule has 0 radical (unpaired) electrons. The molecule has 0 aliphatic rings. The third-order valence-corrected chi connectivity index (χ3v) is 3.87. The molecule has 1 aromatic heterocycles. The van der Waals surface area contributed by atoms with Gasteiger partial charge in [-0.1, -0.05) is 0 Å². The number of hydrogen-bond donors (Lipinski definition) is 0. The van der Waals surface area contributed by atoms with Crippen LogP contribution in [-0.4, -0.2) is 34.1 Å². The van der Waals surface area contributed by atoms with Crippen molar-refractivity contribution < 1.29 is 14.5 Å². The van der Waals surface area contributed by atoms with Crippen molar-refractivity contribution in [1.29, 1.82) is 0 Å². The second kappa shape index (κ2) is 7.21. The highest BCUT2D eigenvalue weighted by Gasteiger charge is 2.20. The minimum atomic E-state index is -0.800. The summed E-state index contributed by atoms with van der Waals surface area (Å²) in [6.07, 6.45) is 0. The predicted octanol–water partition coefficient (Wildman–Crippen LogP) is 0.415. The molecule has 1 heterocycles. The minimum Gasteiger partial charge on any atom is -0.456 e. The summed E-state index contributed by atoms with van der Waals surface area (Å²) in [6, 6.07) is 5.05. The number of rotatable bonds is 5. The van der Waals surface area contributed by atoms with Crippen molar-refractivity contribution in [2.24, 2.45) is 14.1 Å². The Kier molecular flexibility index (Phi) is 5.24. The first kappa shape index (κ1) is 18.9. The molecule has 0 atom stereocenters. The molecule has 2 aromatic rings.